The van der Waals surface area contributed by atoms with Crippen molar-refractivity contribution in [3.05, 3.63) is 89.0 Å². The van der Waals surface area contributed by atoms with Crippen LogP contribution in [0.2, 0.25) is 0 Å². The number of aryl methyl sites for hydroxylation is 2. The highest BCUT2D eigenvalue weighted by molar-refractivity contribution is 7.48. The Kier molecular flexibility index (Phi) is 7.53. The van der Waals surface area contributed by atoms with Crippen LogP contribution in [0.5, 0.6) is 17.2 Å². The van der Waals surface area contributed by atoms with Gasteiger partial charge in [-0.15, -0.1) is 0 Å². The first-order valence-electron chi connectivity index (χ1n) is 9.90. The first kappa shape index (κ1) is 24.0. The molecule has 0 saturated carbocycles. The van der Waals surface area contributed by atoms with Crippen LogP contribution in [0.25, 0.3) is 0 Å². The standard InChI is InChI=1S/C24H23O8P/c1-16-11-17(2)13-20(12-16)32-33(27,28)31-19-9-10-21(22(14-19)30-15-23(25)29-3)24(26)18-7-5-4-6-8-18/h4-14H,15H2,1-3H3,(H,27,28). The molecule has 9 heteroatoms. The molecule has 0 amide bonds. The van der Waals surface area contributed by atoms with Crippen molar-refractivity contribution < 1.29 is 37.6 Å². The molecule has 0 bridgehead atoms. The third-order valence-electron chi connectivity index (χ3n) is 4.44. The van der Waals surface area contributed by atoms with Gasteiger partial charge in [0.15, 0.2) is 12.4 Å². The van der Waals surface area contributed by atoms with Gasteiger partial charge in [0, 0.05) is 11.6 Å². The van der Waals surface area contributed by atoms with E-state index >= 15 is 0 Å². The molecule has 0 radical (unpaired) electrons. The van der Waals surface area contributed by atoms with Crippen LogP contribution in [-0.4, -0.2) is 30.4 Å². The van der Waals surface area contributed by atoms with Gasteiger partial charge in [0.05, 0.1) is 12.7 Å². The first-order valence-corrected chi connectivity index (χ1v) is 11.4. The molecule has 1 atom stereocenters. The minimum absolute atomic E-state index is 0.0156. The lowest BCUT2D eigenvalue weighted by atomic mass is 10.0. The largest absolute Gasteiger partial charge is 0.584 e. The van der Waals surface area contributed by atoms with Crippen molar-refractivity contribution in [2.75, 3.05) is 13.7 Å². The average Bonchev–Trinajstić information content (AvgIpc) is 2.76. The molecule has 0 aliphatic rings. The van der Waals surface area contributed by atoms with E-state index in [1.807, 2.05) is 19.9 Å². The zero-order valence-corrected chi connectivity index (χ0v) is 19.2. The highest BCUT2D eigenvalue weighted by Crippen LogP contribution is 2.45. The summed E-state index contributed by atoms with van der Waals surface area (Å²) in [5, 5.41) is 0. The smallest absolute Gasteiger partial charge is 0.481 e. The van der Waals surface area contributed by atoms with Gasteiger partial charge in [-0.3, -0.25) is 9.69 Å². The summed E-state index contributed by atoms with van der Waals surface area (Å²) in [4.78, 5) is 34.7. The average molecular weight is 470 g/mol. The quantitative estimate of drug-likeness (QED) is 0.274. The second-order valence-corrected chi connectivity index (χ2v) is 8.49. The molecule has 8 nitrogen and oxygen atoms in total. The second-order valence-electron chi connectivity index (χ2n) is 7.19. The lowest BCUT2D eigenvalue weighted by molar-refractivity contribution is -0.142. The molecule has 1 N–H and O–H groups in total. The molecule has 0 spiro atoms. The predicted octanol–water partition coefficient (Wildman–Crippen LogP) is 4.64. The Balaban J connectivity index is 1.88. The Morgan fingerprint density at radius 1 is 0.879 bits per heavy atom. The van der Waals surface area contributed by atoms with Crippen LogP contribution in [-0.2, 0) is 14.1 Å². The molecular formula is C24H23O8P. The second kappa shape index (κ2) is 10.3. The fourth-order valence-corrected chi connectivity index (χ4v) is 3.87. The summed E-state index contributed by atoms with van der Waals surface area (Å²) in [6.07, 6.45) is 0. The summed E-state index contributed by atoms with van der Waals surface area (Å²) < 4.78 is 32.9. The number of ether oxygens (including phenoxy) is 2. The van der Waals surface area contributed by atoms with Crippen LogP contribution in [0, 0.1) is 13.8 Å². The highest BCUT2D eigenvalue weighted by atomic mass is 31.2. The Hall–Kier alpha value is -3.61. The number of benzene rings is 3. The molecule has 0 saturated heterocycles. The fraction of sp³-hybridized carbons (Fsp3) is 0.167. The maximum atomic E-state index is 12.9. The van der Waals surface area contributed by atoms with E-state index in [1.165, 1.54) is 25.3 Å². The van der Waals surface area contributed by atoms with E-state index in [1.54, 1.807) is 42.5 Å². The van der Waals surface area contributed by atoms with Gasteiger partial charge < -0.3 is 18.5 Å². The fourth-order valence-electron chi connectivity index (χ4n) is 3.08. The van der Waals surface area contributed by atoms with Crippen LogP contribution in [0.15, 0.2) is 66.7 Å². The van der Waals surface area contributed by atoms with Crippen molar-refractivity contribution in [2.45, 2.75) is 13.8 Å². The Morgan fingerprint density at radius 2 is 1.52 bits per heavy atom. The molecule has 3 rings (SSSR count). The third-order valence-corrected chi connectivity index (χ3v) is 5.33. The number of hydrogen-bond acceptors (Lipinski definition) is 7. The van der Waals surface area contributed by atoms with Gasteiger partial charge in [0.25, 0.3) is 0 Å². The lowest BCUT2D eigenvalue weighted by Crippen LogP contribution is -2.14. The molecule has 172 valence electrons. The first-order chi connectivity index (χ1) is 15.7. The van der Waals surface area contributed by atoms with Gasteiger partial charge >= 0.3 is 13.8 Å². The van der Waals surface area contributed by atoms with Crippen molar-refractivity contribution in [3.8, 4) is 17.2 Å². The van der Waals surface area contributed by atoms with Crippen molar-refractivity contribution in [3.63, 3.8) is 0 Å². The van der Waals surface area contributed by atoms with E-state index in [-0.39, 0.29) is 28.6 Å². The Morgan fingerprint density at radius 3 is 2.15 bits per heavy atom. The van der Waals surface area contributed by atoms with E-state index in [0.717, 1.165) is 11.1 Å². The SMILES string of the molecule is COC(=O)COc1cc(OP(=O)(O)Oc2cc(C)cc(C)c2)ccc1C(=O)c1ccccc1. The van der Waals surface area contributed by atoms with Crippen molar-refractivity contribution in [1.29, 1.82) is 0 Å². The van der Waals surface area contributed by atoms with Crippen LogP contribution < -0.4 is 13.8 Å². The van der Waals surface area contributed by atoms with Crippen LogP contribution >= 0.6 is 7.82 Å². The zero-order valence-electron chi connectivity index (χ0n) is 18.3. The summed E-state index contributed by atoms with van der Waals surface area (Å²) in [6.45, 7) is 3.19. The molecule has 0 fully saturated rings. The highest BCUT2D eigenvalue weighted by Gasteiger charge is 2.27. The van der Waals surface area contributed by atoms with Gasteiger partial charge in [-0.25, -0.2) is 9.36 Å². The number of ketones is 1. The molecule has 0 aromatic heterocycles. The molecule has 33 heavy (non-hydrogen) atoms. The topological polar surface area (TPSA) is 108 Å². The van der Waals surface area contributed by atoms with Gasteiger partial charge in [0.2, 0.25) is 0 Å². The molecule has 0 aliphatic carbocycles. The number of rotatable bonds is 9. The summed E-state index contributed by atoms with van der Waals surface area (Å²) in [5.74, 6) is -0.949. The van der Waals surface area contributed by atoms with Gasteiger partial charge in [0.1, 0.15) is 17.2 Å². The van der Waals surface area contributed by atoms with Crippen LogP contribution in [0.3, 0.4) is 0 Å². The van der Waals surface area contributed by atoms with Crippen LogP contribution in [0.4, 0.5) is 0 Å². The van der Waals surface area contributed by atoms with Crippen molar-refractivity contribution in [2.24, 2.45) is 0 Å². The monoisotopic (exact) mass is 470 g/mol. The van der Waals surface area contributed by atoms with Gasteiger partial charge in [-0.05, 0) is 49.2 Å². The number of phosphoric acid groups is 1. The van der Waals surface area contributed by atoms with Crippen molar-refractivity contribution >= 4 is 19.6 Å². The Labute approximate surface area is 191 Å². The third kappa shape index (κ3) is 6.68. The summed E-state index contributed by atoms with van der Waals surface area (Å²) >= 11 is 0. The molecule has 3 aromatic carbocycles. The van der Waals surface area contributed by atoms with Crippen molar-refractivity contribution in [1.82, 2.24) is 0 Å². The van der Waals surface area contributed by atoms with E-state index in [0.29, 0.717) is 5.56 Å². The predicted molar refractivity (Wildman–Crippen MR) is 121 cm³/mol. The number of carbonyl (C=O) groups excluding carboxylic acids is 2. The maximum Gasteiger partial charge on any atom is 0.584 e. The molecular weight excluding hydrogens is 447 g/mol. The summed E-state index contributed by atoms with van der Waals surface area (Å²) in [5.41, 5.74) is 2.25. The van der Waals surface area contributed by atoms with E-state index < -0.39 is 20.4 Å². The molecule has 0 heterocycles. The molecule has 3 aromatic rings. The summed E-state index contributed by atoms with van der Waals surface area (Å²) in [6, 6.07) is 17.5. The number of hydrogen-bond donors (Lipinski definition) is 1. The van der Waals surface area contributed by atoms with Gasteiger partial charge in [-0.1, -0.05) is 36.4 Å². The van der Waals surface area contributed by atoms with Gasteiger partial charge in [-0.2, -0.15) is 0 Å². The van der Waals surface area contributed by atoms with E-state index in [9.17, 15) is 19.0 Å². The number of esters is 1. The number of methoxy groups -OCH3 is 1. The van der Waals surface area contributed by atoms with E-state index in [4.69, 9.17) is 13.8 Å². The minimum Gasteiger partial charge on any atom is -0.481 e. The normalized spacial score (nSPS) is 12.4. The minimum atomic E-state index is -4.57. The maximum absolute atomic E-state index is 12.9. The summed E-state index contributed by atoms with van der Waals surface area (Å²) in [7, 11) is -3.37. The lowest BCUT2D eigenvalue weighted by Gasteiger charge is -2.16. The van der Waals surface area contributed by atoms with Crippen LogP contribution in [0.1, 0.15) is 27.0 Å². The van der Waals surface area contributed by atoms with E-state index in [2.05, 4.69) is 4.74 Å². The zero-order chi connectivity index (χ0) is 24.0. The molecule has 0 aliphatic heterocycles. The molecule has 1 unspecified atom stereocenters. The Bertz CT molecular complexity index is 1190. The number of carbonyl (C=O) groups is 2. The number of phosphoric ester groups is 1.